The van der Waals surface area contributed by atoms with E-state index in [4.69, 9.17) is 0 Å². The number of rotatable bonds is 6. The third-order valence-electron chi connectivity index (χ3n) is 3.74. The number of carbonyl (C=O) groups is 1. The molecule has 94 valence electrons. The molecule has 0 aromatic rings. The van der Waals surface area contributed by atoms with E-state index in [1.165, 1.54) is 25.7 Å². The maximum absolute atomic E-state index is 11.1. The minimum Gasteiger partial charge on any atom is -0.359 e. The lowest BCUT2D eigenvalue weighted by Crippen LogP contribution is -2.50. The van der Waals surface area contributed by atoms with Crippen molar-refractivity contribution in [3.63, 3.8) is 0 Å². The average molecular weight is 227 g/mol. The summed E-state index contributed by atoms with van der Waals surface area (Å²) in [5, 5.41) is 6.05. The molecule has 0 aromatic heterocycles. The highest BCUT2D eigenvalue weighted by molar-refractivity contribution is 5.75. The van der Waals surface area contributed by atoms with Crippen LogP contribution in [0.25, 0.3) is 0 Å². The lowest BCUT2D eigenvalue weighted by Gasteiger charge is -2.36. The van der Waals surface area contributed by atoms with E-state index in [9.17, 15) is 4.79 Å². The summed E-state index contributed by atoms with van der Waals surface area (Å²) in [7, 11) is 6.00. The molecular weight excluding hydrogens is 202 g/mol. The van der Waals surface area contributed by atoms with E-state index in [0.717, 1.165) is 13.1 Å². The molecule has 4 heteroatoms. The maximum atomic E-state index is 11.1. The number of hydrogen-bond donors (Lipinski definition) is 2. The first-order valence-corrected chi connectivity index (χ1v) is 6.19. The first-order valence-electron chi connectivity index (χ1n) is 6.19. The third-order valence-corrected chi connectivity index (χ3v) is 3.74. The van der Waals surface area contributed by atoms with Crippen LogP contribution < -0.4 is 10.6 Å². The quantitative estimate of drug-likeness (QED) is 0.653. The van der Waals surface area contributed by atoms with Crippen LogP contribution in [0.4, 0.5) is 0 Å². The van der Waals surface area contributed by atoms with Crippen molar-refractivity contribution in [3.05, 3.63) is 0 Å². The molecule has 0 aliphatic heterocycles. The van der Waals surface area contributed by atoms with Gasteiger partial charge in [0.25, 0.3) is 0 Å². The highest BCUT2D eigenvalue weighted by atomic mass is 16.1. The third kappa shape index (κ3) is 3.46. The van der Waals surface area contributed by atoms with Crippen LogP contribution in [0.1, 0.15) is 32.1 Å². The van der Waals surface area contributed by atoms with E-state index in [0.29, 0.717) is 12.0 Å². The highest BCUT2D eigenvalue weighted by Gasteiger charge is 2.35. The highest BCUT2D eigenvalue weighted by Crippen LogP contribution is 2.32. The fourth-order valence-electron chi connectivity index (χ4n) is 2.46. The molecule has 0 aromatic carbocycles. The van der Waals surface area contributed by atoms with Crippen molar-refractivity contribution in [2.24, 2.45) is 0 Å². The van der Waals surface area contributed by atoms with Gasteiger partial charge in [-0.2, -0.15) is 0 Å². The Kier molecular flexibility index (Phi) is 5.22. The van der Waals surface area contributed by atoms with Gasteiger partial charge in [0.15, 0.2) is 0 Å². The molecule has 0 spiro atoms. The molecule has 1 aliphatic rings. The van der Waals surface area contributed by atoms with Crippen LogP contribution >= 0.6 is 0 Å². The van der Waals surface area contributed by atoms with Crippen molar-refractivity contribution in [1.82, 2.24) is 15.5 Å². The first kappa shape index (κ1) is 13.5. The predicted octanol–water partition coefficient (Wildman–Crippen LogP) is 0.587. The Labute approximate surface area is 98.8 Å². The fraction of sp³-hybridized carbons (Fsp3) is 0.917. The second-order valence-corrected chi connectivity index (χ2v) is 4.93. The molecule has 0 atom stereocenters. The summed E-state index contributed by atoms with van der Waals surface area (Å²) in [6, 6.07) is 0. The first-order chi connectivity index (χ1) is 7.60. The van der Waals surface area contributed by atoms with Gasteiger partial charge in [0.2, 0.25) is 5.91 Å². The Bertz CT molecular complexity index is 222. The van der Waals surface area contributed by atoms with Gasteiger partial charge < -0.3 is 15.5 Å². The molecule has 1 rings (SSSR count). The van der Waals surface area contributed by atoms with Gasteiger partial charge in [-0.25, -0.2) is 0 Å². The van der Waals surface area contributed by atoms with E-state index in [1.807, 2.05) is 0 Å². The number of likely N-dealkylation sites (N-methyl/N-ethyl adjacent to an activating group) is 1. The normalized spacial score (nSPS) is 19.0. The van der Waals surface area contributed by atoms with Crippen LogP contribution in [0.5, 0.6) is 0 Å². The van der Waals surface area contributed by atoms with Crippen LogP contribution in [0.3, 0.4) is 0 Å². The van der Waals surface area contributed by atoms with Crippen LogP contribution in [0, 0.1) is 0 Å². The topological polar surface area (TPSA) is 44.4 Å². The minimum atomic E-state index is 0.109. The number of hydrogen-bond acceptors (Lipinski definition) is 3. The lowest BCUT2D eigenvalue weighted by atomic mass is 9.96. The van der Waals surface area contributed by atoms with Crippen molar-refractivity contribution < 1.29 is 4.79 Å². The Morgan fingerprint density at radius 3 is 2.44 bits per heavy atom. The molecule has 2 N–H and O–H groups in total. The van der Waals surface area contributed by atoms with Crippen molar-refractivity contribution >= 4 is 5.91 Å². The number of carbonyl (C=O) groups excluding carboxylic acids is 1. The number of amides is 1. The van der Waals surface area contributed by atoms with Gasteiger partial charge in [-0.3, -0.25) is 4.79 Å². The SMILES string of the molecule is CNC(=O)CCNCC1(N(C)C)CCCC1. The molecule has 4 nitrogen and oxygen atoms in total. The van der Waals surface area contributed by atoms with Gasteiger partial charge in [-0.1, -0.05) is 12.8 Å². The summed E-state index contributed by atoms with van der Waals surface area (Å²) >= 11 is 0. The zero-order valence-corrected chi connectivity index (χ0v) is 10.8. The molecule has 1 amide bonds. The van der Waals surface area contributed by atoms with Crippen LogP contribution in [-0.4, -0.2) is 50.6 Å². The van der Waals surface area contributed by atoms with E-state index >= 15 is 0 Å². The molecular formula is C12H25N3O. The van der Waals surface area contributed by atoms with Crippen molar-refractivity contribution in [2.45, 2.75) is 37.6 Å². The molecule has 1 saturated carbocycles. The molecule has 0 saturated heterocycles. The zero-order chi connectivity index (χ0) is 12.0. The van der Waals surface area contributed by atoms with Crippen LogP contribution in [0.15, 0.2) is 0 Å². The fourth-order valence-corrected chi connectivity index (χ4v) is 2.46. The molecule has 1 fully saturated rings. The smallest absolute Gasteiger partial charge is 0.221 e. The average Bonchev–Trinajstić information content (AvgIpc) is 2.74. The largest absolute Gasteiger partial charge is 0.359 e. The standard InChI is InChI=1S/C12H25N3O/c1-13-11(16)6-9-14-10-12(15(2)3)7-4-5-8-12/h14H,4-10H2,1-3H3,(H,13,16). The summed E-state index contributed by atoms with van der Waals surface area (Å²) < 4.78 is 0. The van der Waals surface area contributed by atoms with Gasteiger partial charge >= 0.3 is 0 Å². The maximum Gasteiger partial charge on any atom is 0.221 e. The number of nitrogens with zero attached hydrogens (tertiary/aromatic N) is 1. The summed E-state index contributed by atoms with van der Waals surface area (Å²) in [6.45, 7) is 1.77. The molecule has 0 radical (unpaired) electrons. The Morgan fingerprint density at radius 1 is 1.31 bits per heavy atom. The van der Waals surface area contributed by atoms with E-state index < -0.39 is 0 Å². The van der Waals surface area contributed by atoms with Crippen molar-refractivity contribution in [2.75, 3.05) is 34.2 Å². The van der Waals surface area contributed by atoms with Gasteiger partial charge in [-0.15, -0.1) is 0 Å². The summed E-state index contributed by atoms with van der Waals surface area (Å²) in [5.74, 6) is 0.109. The summed E-state index contributed by atoms with van der Waals surface area (Å²) in [6.07, 6.45) is 5.77. The molecule has 0 unspecified atom stereocenters. The Morgan fingerprint density at radius 2 is 1.94 bits per heavy atom. The molecule has 16 heavy (non-hydrogen) atoms. The second kappa shape index (κ2) is 6.21. The van der Waals surface area contributed by atoms with Gasteiger partial charge in [0.05, 0.1) is 0 Å². The second-order valence-electron chi connectivity index (χ2n) is 4.93. The molecule has 0 heterocycles. The molecule has 1 aliphatic carbocycles. The van der Waals surface area contributed by atoms with Crippen molar-refractivity contribution in [3.8, 4) is 0 Å². The minimum absolute atomic E-state index is 0.109. The Hall–Kier alpha value is -0.610. The van der Waals surface area contributed by atoms with Crippen LogP contribution in [-0.2, 0) is 4.79 Å². The zero-order valence-electron chi connectivity index (χ0n) is 10.8. The van der Waals surface area contributed by atoms with E-state index in [1.54, 1.807) is 7.05 Å². The van der Waals surface area contributed by atoms with Crippen molar-refractivity contribution in [1.29, 1.82) is 0 Å². The van der Waals surface area contributed by atoms with E-state index in [2.05, 4.69) is 29.6 Å². The predicted molar refractivity (Wildman–Crippen MR) is 66.4 cm³/mol. The van der Waals surface area contributed by atoms with Gasteiger partial charge in [0.1, 0.15) is 0 Å². The van der Waals surface area contributed by atoms with Gasteiger partial charge in [-0.05, 0) is 26.9 Å². The monoisotopic (exact) mass is 227 g/mol. The van der Waals surface area contributed by atoms with Crippen LogP contribution in [0.2, 0.25) is 0 Å². The van der Waals surface area contributed by atoms with E-state index in [-0.39, 0.29) is 5.91 Å². The molecule has 0 bridgehead atoms. The Balaban J connectivity index is 2.26. The van der Waals surface area contributed by atoms with Gasteiger partial charge in [0, 0.05) is 32.1 Å². The lowest BCUT2D eigenvalue weighted by molar-refractivity contribution is -0.120. The number of nitrogens with one attached hydrogen (secondary N) is 2. The summed E-state index contributed by atoms with van der Waals surface area (Å²) in [5.41, 5.74) is 0.322. The summed E-state index contributed by atoms with van der Waals surface area (Å²) in [4.78, 5) is 13.4.